The van der Waals surface area contributed by atoms with Gasteiger partial charge in [0.2, 0.25) is 0 Å². The molecule has 100 valence electrons. The van der Waals surface area contributed by atoms with Gasteiger partial charge in [-0.2, -0.15) is 0 Å². The van der Waals surface area contributed by atoms with Gasteiger partial charge >= 0.3 is 11.8 Å². The largest absolute Gasteiger partial charge is 0.468 e. The fourth-order valence-electron chi connectivity index (χ4n) is 1.53. The maximum Gasteiger partial charge on any atom is 0.309 e. The first kappa shape index (κ1) is 14.2. The molecule has 1 atom stereocenters. The summed E-state index contributed by atoms with van der Waals surface area (Å²) in [5, 5.41) is 5.03. The number of nitrogens with one attached hydrogen (secondary N) is 2. The summed E-state index contributed by atoms with van der Waals surface area (Å²) < 4.78 is 5.30. The minimum atomic E-state index is -0.629. The quantitative estimate of drug-likeness (QED) is 0.732. The van der Waals surface area contributed by atoms with Crippen molar-refractivity contribution in [1.29, 1.82) is 0 Å². The van der Waals surface area contributed by atoms with Crippen molar-refractivity contribution in [3.05, 3.63) is 24.2 Å². The standard InChI is InChI=1S/C12H19N3O3/c1-4-13-11(16)12(17)14-8-9(15(2)3)10-6-5-7-18-10/h5-7,9H,4,8H2,1-3H3,(H,13,16)(H,14,17). The van der Waals surface area contributed by atoms with Gasteiger partial charge in [-0.3, -0.25) is 14.5 Å². The van der Waals surface area contributed by atoms with Crippen molar-refractivity contribution in [2.24, 2.45) is 0 Å². The van der Waals surface area contributed by atoms with Crippen LogP contribution in [0, 0.1) is 0 Å². The summed E-state index contributed by atoms with van der Waals surface area (Å²) in [4.78, 5) is 24.6. The van der Waals surface area contributed by atoms with Crippen molar-refractivity contribution in [2.75, 3.05) is 27.2 Å². The molecule has 0 saturated carbocycles. The van der Waals surface area contributed by atoms with E-state index in [4.69, 9.17) is 4.42 Å². The van der Waals surface area contributed by atoms with E-state index in [1.807, 2.05) is 25.1 Å². The summed E-state index contributed by atoms with van der Waals surface area (Å²) in [5.74, 6) is -0.499. The highest BCUT2D eigenvalue weighted by atomic mass is 16.3. The Hall–Kier alpha value is -1.82. The number of rotatable bonds is 5. The summed E-state index contributed by atoms with van der Waals surface area (Å²) in [5.41, 5.74) is 0. The summed E-state index contributed by atoms with van der Waals surface area (Å²) in [6.07, 6.45) is 1.58. The van der Waals surface area contributed by atoms with Gasteiger partial charge in [-0.05, 0) is 33.2 Å². The molecule has 0 saturated heterocycles. The van der Waals surface area contributed by atoms with Gasteiger partial charge in [-0.25, -0.2) is 0 Å². The zero-order valence-electron chi connectivity index (χ0n) is 10.9. The third kappa shape index (κ3) is 3.89. The maximum absolute atomic E-state index is 11.5. The van der Waals surface area contributed by atoms with Crippen LogP contribution >= 0.6 is 0 Å². The van der Waals surface area contributed by atoms with Crippen LogP contribution < -0.4 is 10.6 Å². The van der Waals surface area contributed by atoms with Gasteiger partial charge in [-0.1, -0.05) is 0 Å². The first-order chi connectivity index (χ1) is 8.56. The van der Waals surface area contributed by atoms with Gasteiger partial charge in [0.1, 0.15) is 5.76 Å². The minimum absolute atomic E-state index is 0.0987. The van der Waals surface area contributed by atoms with Gasteiger partial charge < -0.3 is 15.1 Å². The molecule has 6 nitrogen and oxygen atoms in total. The van der Waals surface area contributed by atoms with E-state index in [0.717, 1.165) is 5.76 Å². The van der Waals surface area contributed by atoms with E-state index in [0.29, 0.717) is 13.1 Å². The Morgan fingerprint density at radius 1 is 1.33 bits per heavy atom. The lowest BCUT2D eigenvalue weighted by Crippen LogP contribution is -2.42. The second kappa shape index (κ2) is 6.80. The lowest BCUT2D eigenvalue weighted by molar-refractivity contribution is -0.139. The lowest BCUT2D eigenvalue weighted by Gasteiger charge is -2.22. The zero-order valence-corrected chi connectivity index (χ0v) is 10.9. The van der Waals surface area contributed by atoms with Crippen molar-refractivity contribution in [2.45, 2.75) is 13.0 Å². The van der Waals surface area contributed by atoms with Crippen molar-refractivity contribution in [1.82, 2.24) is 15.5 Å². The third-order valence-electron chi connectivity index (χ3n) is 2.49. The maximum atomic E-state index is 11.5. The first-order valence-electron chi connectivity index (χ1n) is 5.82. The van der Waals surface area contributed by atoms with E-state index >= 15 is 0 Å². The summed E-state index contributed by atoms with van der Waals surface area (Å²) in [7, 11) is 3.76. The van der Waals surface area contributed by atoms with Gasteiger partial charge in [-0.15, -0.1) is 0 Å². The number of hydrogen-bond acceptors (Lipinski definition) is 4. The van der Waals surface area contributed by atoms with Gasteiger partial charge in [0.05, 0.1) is 12.3 Å². The Morgan fingerprint density at radius 3 is 2.50 bits per heavy atom. The smallest absolute Gasteiger partial charge is 0.309 e. The van der Waals surface area contributed by atoms with Crippen LogP contribution in [0.1, 0.15) is 18.7 Å². The fraction of sp³-hybridized carbons (Fsp3) is 0.500. The van der Waals surface area contributed by atoms with Crippen LogP contribution in [-0.2, 0) is 9.59 Å². The topological polar surface area (TPSA) is 74.6 Å². The Kier molecular flexibility index (Phi) is 5.38. The molecule has 0 aliphatic heterocycles. The summed E-state index contributed by atoms with van der Waals surface area (Å²) in [6.45, 7) is 2.51. The van der Waals surface area contributed by atoms with E-state index in [9.17, 15) is 9.59 Å². The molecule has 1 aromatic heterocycles. The molecular weight excluding hydrogens is 234 g/mol. The number of carbonyl (C=O) groups excluding carboxylic acids is 2. The molecule has 18 heavy (non-hydrogen) atoms. The highest BCUT2D eigenvalue weighted by Gasteiger charge is 2.19. The highest BCUT2D eigenvalue weighted by molar-refractivity contribution is 6.35. The Bertz CT molecular complexity index is 387. The molecule has 1 aromatic rings. The molecule has 0 aliphatic carbocycles. The molecule has 0 radical (unpaired) electrons. The third-order valence-corrected chi connectivity index (χ3v) is 2.49. The number of nitrogens with zero attached hydrogens (tertiary/aromatic N) is 1. The Balaban J connectivity index is 2.54. The first-order valence-corrected chi connectivity index (χ1v) is 5.82. The minimum Gasteiger partial charge on any atom is -0.468 e. The van der Waals surface area contributed by atoms with Crippen LogP contribution in [0.15, 0.2) is 22.8 Å². The second-order valence-electron chi connectivity index (χ2n) is 4.06. The molecule has 1 heterocycles. The SMILES string of the molecule is CCNC(=O)C(=O)NCC(c1ccco1)N(C)C. The molecule has 1 rings (SSSR count). The van der Waals surface area contributed by atoms with Crippen LogP contribution in [0.4, 0.5) is 0 Å². The molecule has 2 amide bonds. The van der Waals surface area contributed by atoms with Crippen LogP contribution in [0.2, 0.25) is 0 Å². The highest BCUT2D eigenvalue weighted by Crippen LogP contribution is 2.17. The Morgan fingerprint density at radius 2 is 2.00 bits per heavy atom. The van der Waals surface area contributed by atoms with Crippen LogP contribution in [0.3, 0.4) is 0 Å². The molecule has 0 fully saturated rings. The van der Waals surface area contributed by atoms with E-state index in [2.05, 4.69) is 10.6 Å². The van der Waals surface area contributed by atoms with Crippen molar-refractivity contribution in [3.63, 3.8) is 0 Å². The number of likely N-dealkylation sites (N-methyl/N-ethyl adjacent to an activating group) is 2. The average Bonchev–Trinajstić information content (AvgIpc) is 2.82. The Labute approximate surface area is 106 Å². The van der Waals surface area contributed by atoms with Crippen molar-refractivity contribution in [3.8, 4) is 0 Å². The molecule has 1 unspecified atom stereocenters. The predicted molar refractivity (Wildman–Crippen MR) is 66.8 cm³/mol. The molecule has 0 spiro atoms. The molecule has 6 heteroatoms. The summed E-state index contributed by atoms with van der Waals surface area (Å²) in [6, 6.07) is 3.53. The number of amides is 2. The summed E-state index contributed by atoms with van der Waals surface area (Å²) >= 11 is 0. The molecule has 0 aliphatic rings. The van der Waals surface area contributed by atoms with Crippen molar-refractivity contribution >= 4 is 11.8 Å². The number of carbonyl (C=O) groups is 2. The molecular formula is C12H19N3O3. The van der Waals surface area contributed by atoms with Crippen molar-refractivity contribution < 1.29 is 14.0 Å². The van der Waals surface area contributed by atoms with Gasteiger partial charge in [0.15, 0.2) is 0 Å². The zero-order chi connectivity index (χ0) is 13.5. The van der Waals surface area contributed by atoms with Gasteiger partial charge in [0.25, 0.3) is 0 Å². The van der Waals surface area contributed by atoms with E-state index in [1.54, 1.807) is 19.3 Å². The van der Waals surface area contributed by atoms with Crippen LogP contribution in [-0.4, -0.2) is 43.9 Å². The average molecular weight is 253 g/mol. The lowest BCUT2D eigenvalue weighted by atomic mass is 10.2. The fourth-order valence-corrected chi connectivity index (χ4v) is 1.53. The second-order valence-corrected chi connectivity index (χ2v) is 4.06. The molecule has 0 bridgehead atoms. The molecule has 2 N–H and O–H groups in total. The number of furan rings is 1. The van der Waals surface area contributed by atoms with Gasteiger partial charge in [0, 0.05) is 13.1 Å². The monoisotopic (exact) mass is 253 g/mol. The molecule has 0 aromatic carbocycles. The van der Waals surface area contributed by atoms with E-state index < -0.39 is 11.8 Å². The van der Waals surface area contributed by atoms with E-state index in [-0.39, 0.29) is 6.04 Å². The number of hydrogen-bond donors (Lipinski definition) is 2. The van der Waals surface area contributed by atoms with Crippen LogP contribution in [0.5, 0.6) is 0 Å². The van der Waals surface area contributed by atoms with E-state index in [1.165, 1.54) is 0 Å². The van der Waals surface area contributed by atoms with Crippen LogP contribution in [0.25, 0.3) is 0 Å². The normalized spacial score (nSPS) is 12.2. The predicted octanol–water partition coefficient (Wildman–Crippen LogP) is 0.135.